The number of nitrogens with one attached hydrogen (secondary N) is 1. The molecule has 3 nitrogen and oxygen atoms in total. The van der Waals surface area contributed by atoms with Crippen molar-refractivity contribution in [1.82, 2.24) is 5.32 Å². The Labute approximate surface area is 103 Å². The van der Waals surface area contributed by atoms with E-state index in [0.29, 0.717) is 17.5 Å². The molecule has 3 heteroatoms. The van der Waals surface area contributed by atoms with Crippen molar-refractivity contribution in [3.63, 3.8) is 0 Å². The number of aryl methyl sites for hydroxylation is 1. The van der Waals surface area contributed by atoms with Crippen LogP contribution < -0.4 is 10.1 Å². The Morgan fingerprint density at radius 1 is 1.41 bits per heavy atom. The number of phenolic OH excluding ortho intramolecular Hbond substituents is 1. The minimum Gasteiger partial charge on any atom is -0.504 e. The van der Waals surface area contributed by atoms with Crippen molar-refractivity contribution < 1.29 is 9.84 Å². The molecule has 0 spiro atoms. The summed E-state index contributed by atoms with van der Waals surface area (Å²) in [6.07, 6.45) is 4.61. The molecule has 0 saturated carbocycles. The number of rotatable bonds is 3. The fourth-order valence-electron chi connectivity index (χ4n) is 2.49. The first-order chi connectivity index (χ1) is 8.20. The van der Waals surface area contributed by atoms with Gasteiger partial charge < -0.3 is 15.2 Å². The third-order valence-corrected chi connectivity index (χ3v) is 3.40. The van der Waals surface area contributed by atoms with E-state index in [1.54, 1.807) is 7.11 Å². The molecule has 0 bridgehead atoms. The fraction of sp³-hybridized carbons (Fsp3) is 0.571. The summed E-state index contributed by atoms with van der Waals surface area (Å²) >= 11 is 0. The molecule has 1 unspecified atom stereocenters. The predicted molar refractivity (Wildman–Crippen MR) is 68.7 cm³/mol. The van der Waals surface area contributed by atoms with Gasteiger partial charge in [-0.15, -0.1) is 0 Å². The van der Waals surface area contributed by atoms with Crippen LogP contribution in [0.4, 0.5) is 0 Å². The standard InChI is InChI=1S/C14H21NO2/c1-10-7-11(14(16)13(8-10)17-2)9-12-5-3-4-6-15-12/h7-8,12,15-16H,3-6,9H2,1-2H3. The quantitative estimate of drug-likeness (QED) is 0.845. The molecule has 0 amide bonds. The summed E-state index contributed by atoms with van der Waals surface area (Å²) in [5, 5.41) is 13.6. The molecule has 94 valence electrons. The Morgan fingerprint density at radius 3 is 2.88 bits per heavy atom. The highest BCUT2D eigenvalue weighted by Gasteiger charge is 2.17. The van der Waals surface area contributed by atoms with E-state index >= 15 is 0 Å². The SMILES string of the molecule is COc1cc(C)cc(CC2CCCCN2)c1O. The lowest BCUT2D eigenvalue weighted by atomic mass is 9.96. The van der Waals surface area contributed by atoms with E-state index in [2.05, 4.69) is 5.32 Å². The van der Waals surface area contributed by atoms with Crippen LogP contribution in [0.25, 0.3) is 0 Å². The molecule has 2 rings (SSSR count). The lowest BCUT2D eigenvalue weighted by Crippen LogP contribution is -2.35. The topological polar surface area (TPSA) is 41.5 Å². The van der Waals surface area contributed by atoms with Gasteiger partial charge in [0.05, 0.1) is 7.11 Å². The maximum Gasteiger partial charge on any atom is 0.161 e. The van der Waals surface area contributed by atoms with Gasteiger partial charge in [-0.25, -0.2) is 0 Å². The van der Waals surface area contributed by atoms with Crippen LogP contribution in [-0.2, 0) is 6.42 Å². The van der Waals surface area contributed by atoms with Crippen molar-refractivity contribution in [3.05, 3.63) is 23.3 Å². The van der Waals surface area contributed by atoms with Gasteiger partial charge >= 0.3 is 0 Å². The molecule has 1 aromatic rings. The lowest BCUT2D eigenvalue weighted by molar-refractivity contribution is 0.362. The van der Waals surface area contributed by atoms with E-state index in [1.165, 1.54) is 19.3 Å². The second-order valence-corrected chi connectivity index (χ2v) is 4.83. The molecule has 0 radical (unpaired) electrons. The summed E-state index contributed by atoms with van der Waals surface area (Å²) in [6, 6.07) is 4.41. The van der Waals surface area contributed by atoms with Crippen molar-refractivity contribution in [3.8, 4) is 11.5 Å². The average molecular weight is 235 g/mol. The zero-order chi connectivity index (χ0) is 12.3. The van der Waals surface area contributed by atoms with E-state index in [1.807, 2.05) is 19.1 Å². The maximum absolute atomic E-state index is 10.1. The lowest BCUT2D eigenvalue weighted by Gasteiger charge is -2.24. The minimum absolute atomic E-state index is 0.297. The van der Waals surface area contributed by atoms with Crippen LogP contribution >= 0.6 is 0 Å². The maximum atomic E-state index is 10.1. The van der Waals surface area contributed by atoms with Gasteiger partial charge in [-0.1, -0.05) is 12.5 Å². The van der Waals surface area contributed by atoms with Crippen molar-refractivity contribution in [1.29, 1.82) is 0 Å². The van der Waals surface area contributed by atoms with Crippen LogP contribution in [0, 0.1) is 6.92 Å². The Kier molecular flexibility index (Phi) is 3.89. The summed E-state index contributed by atoms with van der Waals surface area (Å²) in [5.74, 6) is 0.876. The van der Waals surface area contributed by atoms with Crippen molar-refractivity contribution in [2.24, 2.45) is 0 Å². The Bertz CT molecular complexity index is 384. The Balaban J connectivity index is 2.16. The molecule has 0 aromatic heterocycles. The van der Waals surface area contributed by atoms with Crippen molar-refractivity contribution >= 4 is 0 Å². The molecule has 0 aliphatic carbocycles. The second kappa shape index (κ2) is 5.41. The Hall–Kier alpha value is -1.22. The number of phenols is 1. The van der Waals surface area contributed by atoms with Crippen molar-refractivity contribution in [2.45, 2.75) is 38.6 Å². The molecule has 1 atom stereocenters. The first kappa shape index (κ1) is 12.2. The monoisotopic (exact) mass is 235 g/mol. The highest BCUT2D eigenvalue weighted by Crippen LogP contribution is 2.32. The number of aromatic hydroxyl groups is 1. The third kappa shape index (κ3) is 2.91. The van der Waals surface area contributed by atoms with E-state index in [4.69, 9.17) is 4.74 Å². The van der Waals surface area contributed by atoms with Crippen molar-refractivity contribution in [2.75, 3.05) is 13.7 Å². The molecule has 1 heterocycles. The zero-order valence-corrected chi connectivity index (χ0v) is 10.6. The van der Waals surface area contributed by atoms with Crippen LogP contribution in [0.15, 0.2) is 12.1 Å². The normalized spacial score (nSPS) is 20.2. The molecule has 1 aliphatic heterocycles. The molecular weight excluding hydrogens is 214 g/mol. The van der Waals surface area contributed by atoms with Gasteiger partial charge in [0.2, 0.25) is 0 Å². The number of methoxy groups -OCH3 is 1. The second-order valence-electron chi connectivity index (χ2n) is 4.83. The first-order valence-corrected chi connectivity index (χ1v) is 6.30. The van der Waals surface area contributed by atoms with Gasteiger partial charge in [0.1, 0.15) is 0 Å². The molecular formula is C14H21NO2. The van der Waals surface area contributed by atoms with Crippen LogP contribution in [-0.4, -0.2) is 24.8 Å². The summed E-state index contributed by atoms with van der Waals surface area (Å²) in [6.45, 7) is 3.12. The number of hydrogen-bond acceptors (Lipinski definition) is 3. The average Bonchev–Trinajstić information content (AvgIpc) is 2.34. The van der Waals surface area contributed by atoms with Gasteiger partial charge in [0, 0.05) is 6.04 Å². The highest BCUT2D eigenvalue weighted by molar-refractivity contribution is 5.48. The molecule has 1 fully saturated rings. The molecule has 1 saturated heterocycles. The van der Waals surface area contributed by atoms with Gasteiger partial charge in [0.25, 0.3) is 0 Å². The Morgan fingerprint density at radius 2 is 2.24 bits per heavy atom. The van der Waals surface area contributed by atoms with Crippen LogP contribution in [0.2, 0.25) is 0 Å². The van der Waals surface area contributed by atoms with Crippen LogP contribution in [0.3, 0.4) is 0 Å². The van der Waals surface area contributed by atoms with Gasteiger partial charge in [-0.3, -0.25) is 0 Å². The number of ether oxygens (including phenoxy) is 1. The smallest absolute Gasteiger partial charge is 0.161 e. The summed E-state index contributed by atoms with van der Waals surface area (Å²) in [5.41, 5.74) is 2.12. The summed E-state index contributed by atoms with van der Waals surface area (Å²) in [7, 11) is 1.59. The van der Waals surface area contributed by atoms with Gasteiger partial charge in [-0.2, -0.15) is 0 Å². The van der Waals surface area contributed by atoms with Crippen LogP contribution in [0.1, 0.15) is 30.4 Å². The highest BCUT2D eigenvalue weighted by atomic mass is 16.5. The molecule has 2 N–H and O–H groups in total. The van der Waals surface area contributed by atoms with E-state index < -0.39 is 0 Å². The molecule has 17 heavy (non-hydrogen) atoms. The molecule has 1 aliphatic rings. The van der Waals surface area contributed by atoms with E-state index in [9.17, 15) is 5.11 Å². The first-order valence-electron chi connectivity index (χ1n) is 6.30. The number of hydrogen-bond donors (Lipinski definition) is 2. The third-order valence-electron chi connectivity index (χ3n) is 3.40. The van der Waals surface area contributed by atoms with Gasteiger partial charge in [0.15, 0.2) is 11.5 Å². The van der Waals surface area contributed by atoms with Gasteiger partial charge in [-0.05, 0) is 49.9 Å². The van der Waals surface area contributed by atoms with Crippen LogP contribution in [0.5, 0.6) is 11.5 Å². The number of benzene rings is 1. The largest absolute Gasteiger partial charge is 0.504 e. The minimum atomic E-state index is 0.297. The molecule has 1 aromatic carbocycles. The number of piperidine rings is 1. The van der Waals surface area contributed by atoms with E-state index in [0.717, 1.165) is 24.1 Å². The summed E-state index contributed by atoms with van der Waals surface area (Å²) < 4.78 is 5.19. The summed E-state index contributed by atoms with van der Waals surface area (Å²) in [4.78, 5) is 0. The van der Waals surface area contributed by atoms with E-state index in [-0.39, 0.29) is 0 Å². The zero-order valence-electron chi connectivity index (χ0n) is 10.6. The predicted octanol–water partition coefficient (Wildman–Crippen LogP) is 2.39. The fourth-order valence-corrected chi connectivity index (χ4v) is 2.49.